The molecule has 16 heavy (non-hydrogen) atoms. The van der Waals surface area contributed by atoms with Gasteiger partial charge in [0.25, 0.3) is 0 Å². The van der Waals surface area contributed by atoms with E-state index < -0.39 is 6.09 Å². The fourth-order valence-corrected chi connectivity index (χ4v) is 1.68. The number of amides is 1. The molecule has 82 valence electrons. The van der Waals surface area contributed by atoms with Crippen molar-refractivity contribution in [1.29, 1.82) is 0 Å². The van der Waals surface area contributed by atoms with Crippen molar-refractivity contribution < 1.29 is 9.53 Å². The van der Waals surface area contributed by atoms with Crippen molar-refractivity contribution >= 4 is 17.4 Å². The summed E-state index contributed by atoms with van der Waals surface area (Å²) in [6.07, 6.45) is -0.473. The minimum atomic E-state index is -0.473. The van der Waals surface area contributed by atoms with Crippen LogP contribution in [0.2, 0.25) is 0 Å². The van der Waals surface area contributed by atoms with Crippen molar-refractivity contribution in [3.63, 3.8) is 0 Å². The van der Waals surface area contributed by atoms with E-state index in [1.165, 1.54) is 11.3 Å². The fraction of sp³-hybridized carbons (Fsp3) is 0.0909. The Morgan fingerprint density at radius 3 is 2.88 bits per heavy atom. The number of rotatable bonds is 3. The third kappa shape index (κ3) is 3.06. The average Bonchev–Trinajstić information content (AvgIpc) is 2.81. The number of ether oxygens (including phenoxy) is 1. The van der Waals surface area contributed by atoms with Crippen LogP contribution in [0, 0.1) is 0 Å². The summed E-state index contributed by atoms with van der Waals surface area (Å²) in [5.74, 6) is 0.526. The fourth-order valence-electron chi connectivity index (χ4n) is 1.12. The third-order valence-corrected chi connectivity index (χ3v) is 2.49. The van der Waals surface area contributed by atoms with E-state index in [9.17, 15) is 4.79 Å². The largest absolute Gasteiger partial charge is 0.412 e. The van der Waals surface area contributed by atoms with Gasteiger partial charge in [0.1, 0.15) is 5.75 Å². The van der Waals surface area contributed by atoms with Gasteiger partial charge >= 0.3 is 6.09 Å². The van der Waals surface area contributed by atoms with Crippen LogP contribution in [-0.2, 0) is 6.54 Å². The Hall–Kier alpha value is -1.88. The first-order valence-electron chi connectivity index (χ1n) is 4.72. The first-order chi connectivity index (χ1) is 7.84. The highest BCUT2D eigenvalue weighted by atomic mass is 32.1. The monoisotopic (exact) mass is 234 g/mol. The molecule has 0 bridgehead atoms. The molecule has 0 aliphatic rings. The molecule has 0 spiro atoms. The quantitative estimate of drug-likeness (QED) is 0.887. The number of thiazole rings is 1. The topological polar surface area (TPSA) is 51.2 Å². The zero-order valence-electron chi connectivity index (χ0n) is 8.42. The summed E-state index contributed by atoms with van der Waals surface area (Å²) in [6.45, 7) is 0.384. The lowest BCUT2D eigenvalue weighted by atomic mass is 10.3. The molecule has 1 N–H and O–H groups in total. The standard InChI is InChI=1S/C11H10N2O2S/c14-11(12-6-9-7-16-8-13-9)15-10-4-2-1-3-5-10/h1-5,7-8H,6H2,(H,12,14). The van der Waals surface area contributed by atoms with Gasteiger partial charge in [-0.25, -0.2) is 9.78 Å². The van der Waals surface area contributed by atoms with Gasteiger partial charge in [-0.2, -0.15) is 0 Å². The van der Waals surface area contributed by atoms with Gasteiger partial charge in [0.15, 0.2) is 0 Å². The third-order valence-electron chi connectivity index (χ3n) is 1.85. The van der Waals surface area contributed by atoms with Crippen LogP contribution in [0.3, 0.4) is 0 Å². The molecular weight excluding hydrogens is 224 g/mol. The summed E-state index contributed by atoms with van der Waals surface area (Å²) in [4.78, 5) is 15.4. The summed E-state index contributed by atoms with van der Waals surface area (Å²) < 4.78 is 5.04. The predicted octanol–water partition coefficient (Wildman–Crippen LogP) is 2.43. The summed E-state index contributed by atoms with van der Waals surface area (Å²) in [6, 6.07) is 8.93. The molecule has 0 saturated heterocycles. The van der Waals surface area contributed by atoms with E-state index in [2.05, 4.69) is 10.3 Å². The lowest BCUT2D eigenvalue weighted by Gasteiger charge is -2.04. The van der Waals surface area contributed by atoms with Gasteiger partial charge in [-0.1, -0.05) is 18.2 Å². The maximum Gasteiger partial charge on any atom is 0.412 e. The lowest BCUT2D eigenvalue weighted by molar-refractivity contribution is 0.200. The van der Waals surface area contributed by atoms with Gasteiger partial charge in [-0.05, 0) is 12.1 Å². The number of carbonyl (C=O) groups excluding carboxylic acids is 1. The van der Waals surface area contributed by atoms with Crippen molar-refractivity contribution in [2.75, 3.05) is 0 Å². The van der Waals surface area contributed by atoms with Crippen LogP contribution in [0.25, 0.3) is 0 Å². The van der Waals surface area contributed by atoms with Crippen molar-refractivity contribution in [2.45, 2.75) is 6.54 Å². The molecule has 1 amide bonds. The summed E-state index contributed by atoms with van der Waals surface area (Å²) in [7, 11) is 0. The molecule has 0 unspecified atom stereocenters. The number of aromatic nitrogens is 1. The van der Waals surface area contributed by atoms with Crippen LogP contribution in [0.4, 0.5) is 4.79 Å². The maximum atomic E-state index is 11.3. The van der Waals surface area contributed by atoms with E-state index in [4.69, 9.17) is 4.74 Å². The van der Waals surface area contributed by atoms with Gasteiger partial charge in [0.2, 0.25) is 0 Å². The van der Waals surface area contributed by atoms with E-state index in [1.54, 1.807) is 17.6 Å². The molecule has 0 aliphatic carbocycles. The van der Waals surface area contributed by atoms with E-state index >= 15 is 0 Å². The molecule has 0 fully saturated rings. The normalized spacial score (nSPS) is 9.75. The second-order valence-electron chi connectivity index (χ2n) is 3.04. The van der Waals surface area contributed by atoms with E-state index in [-0.39, 0.29) is 0 Å². The molecule has 2 aromatic rings. The van der Waals surface area contributed by atoms with Gasteiger partial charge in [-0.3, -0.25) is 0 Å². The van der Waals surface area contributed by atoms with Crippen molar-refractivity contribution in [3.8, 4) is 5.75 Å². The first kappa shape index (κ1) is 10.6. The second-order valence-corrected chi connectivity index (χ2v) is 3.75. The van der Waals surface area contributed by atoms with Gasteiger partial charge in [0, 0.05) is 5.38 Å². The molecule has 4 nitrogen and oxygen atoms in total. The van der Waals surface area contributed by atoms with Crippen LogP contribution >= 0.6 is 11.3 Å². The number of para-hydroxylation sites is 1. The highest BCUT2D eigenvalue weighted by molar-refractivity contribution is 7.07. The molecule has 0 saturated carbocycles. The second kappa shape index (κ2) is 5.27. The zero-order valence-corrected chi connectivity index (χ0v) is 9.24. The van der Waals surface area contributed by atoms with E-state index in [0.717, 1.165) is 5.69 Å². The maximum absolute atomic E-state index is 11.3. The molecule has 2 rings (SSSR count). The summed E-state index contributed by atoms with van der Waals surface area (Å²) >= 11 is 1.49. The van der Waals surface area contributed by atoms with Gasteiger partial charge < -0.3 is 10.1 Å². The Morgan fingerprint density at radius 1 is 1.38 bits per heavy atom. The minimum Gasteiger partial charge on any atom is -0.410 e. The van der Waals surface area contributed by atoms with Crippen LogP contribution < -0.4 is 10.1 Å². The highest BCUT2D eigenvalue weighted by Crippen LogP contribution is 2.08. The molecule has 1 aromatic carbocycles. The Balaban J connectivity index is 1.81. The SMILES string of the molecule is O=C(NCc1cscn1)Oc1ccccc1. The highest BCUT2D eigenvalue weighted by Gasteiger charge is 2.03. The first-order valence-corrected chi connectivity index (χ1v) is 5.66. The molecule has 1 aromatic heterocycles. The Kier molecular flexibility index (Phi) is 3.50. The van der Waals surface area contributed by atoms with Crippen molar-refractivity contribution in [2.24, 2.45) is 0 Å². The number of hydrogen-bond acceptors (Lipinski definition) is 4. The molecule has 5 heteroatoms. The number of carbonyl (C=O) groups is 1. The number of hydrogen-bond donors (Lipinski definition) is 1. The Morgan fingerprint density at radius 2 is 2.19 bits per heavy atom. The van der Waals surface area contributed by atoms with E-state index in [1.807, 2.05) is 23.6 Å². The molecule has 0 radical (unpaired) electrons. The summed E-state index contributed by atoms with van der Waals surface area (Å²) in [5.41, 5.74) is 2.55. The van der Waals surface area contributed by atoms with Gasteiger partial charge in [-0.15, -0.1) is 11.3 Å². The zero-order chi connectivity index (χ0) is 11.2. The average molecular weight is 234 g/mol. The molecular formula is C11H10N2O2S. The molecule has 0 aliphatic heterocycles. The van der Waals surface area contributed by atoms with Crippen LogP contribution in [0.5, 0.6) is 5.75 Å². The predicted molar refractivity (Wildman–Crippen MR) is 61.4 cm³/mol. The van der Waals surface area contributed by atoms with Crippen LogP contribution in [0.1, 0.15) is 5.69 Å². The van der Waals surface area contributed by atoms with Gasteiger partial charge in [0.05, 0.1) is 17.7 Å². The lowest BCUT2D eigenvalue weighted by Crippen LogP contribution is -2.26. The summed E-state index contributed by atoms with van der Waals surface area (Å²) in [5, 5.41) is 4.49. The molecule has 0 atom stereocenters. The van der Waals surface area contributed by atoms with Crippen LogP contribution in [0.15, 0.2) is 41.2 Å². The van der Waals surface area contributed by atoms with E-state index in [0.29, 0.717) is 12.3 Å². The number of nitrogens with one attached hydrogen (secondary N) is 1. The van der Waals surface area contributed by atoms with Crippen LogP contribution in [-0.4, -0.2) is 11.1 Å². The Labute approximate surface area is 96.9 Å². The number of nitrogens with zero attached hydrogens (tertiary/aromatic N) is 1. The Bertz CT molecular complexity index is 442. The smallest absolute Gasteiger partial charge is 0.410 e. The number of benzene rings is 1. The van der Waals surface area contributed by atoms with Crippen molar-refractivity contribution in [1.82, 2.24) is 10.3 Å². The molecule has 1 heterocycles. The minimum absolute atomic E-state index is 0.384. The van der Waals surface area contributed by atoms with Crippen molar-refractivity contribution in [3.05, 3.63) is 46.9 Å².